The molecular formula is C17H14N2O2S. The number of fused-ring (bicyclic) bond motifs is 1. The fraction of sp³-hybridized carbons (Fsp3) is 0.0588. The van der Waals surface area contributed by atoms with Crippen LogP contribution in [0.25, 0.3) is 10.8 Å². The molecule has 0 aliphatic rings. The SMILES string of the molecule is O=C(CSc1cccc2ccccc12)N/N=C/c1ccco1. The first-order valence-electron chi connectivity index (χ1n) is 6.79. The lowest BCUT2D eigenvalue weighted by Gasteiger charge is -2.05. The Bertz CT molecular complexity index is 792. The van der Waals surface area contributed by atoms with Crippen molar-refractivity contribution >= 4 is 34.7 Å². The van der Waals surface area contributed by atoms with E-state index in [0.717, 1.165) is 10.3 Å². The maximum Gasteiger partial charge on any atom is 0.250 e. The van der Waals surface area contributed by atoms with Gasteiger partial charge in [0, 0.05) is 4.90 Å². The number of benzene rings is 2. The highest BCUT2D eigenvalue weighted by molar-refractivity contribution is 8.00. The van der Waals surface area contributed by atoms with Crippen molar-refractivity contribution in [2.45, 2.75) is 4.90 Å². The van der Waals surface area contributed by atoms with Crippen LogP contribution in [0.4, 0.5) is 0 Å². The van der Waals surface area contributed by atoms with Crippen LogP contribution in [0.5, 0.6) is 0 Å². The van der Waals surface area contributed by atoms with E-state index < -0.39 is 0 Å². The Morgan fingerprint density at radius 1 is 1.14 bits per heavy atom. The minimum absolute atomic E-state index is 0.152. The molecule has 0 aliphatic heterocycles. The number of hydrogen-bond acceptors (Lipinski definition) is 4. The summed E-state index contributed by atoms with van der Waals surface area (Å²) in [5, 5.41) is 6.18. The normalized spacial score (nSPS) is 11.1. The Morgan fingerprint density at radius 2 is 2.00 bits per heavy atom. The van der Waals surface area contributed by atoms with Gasteiger partial charge < -0.3 is 4.42 Å². The lowest BCUT2D eigenvalue weighted by Crippen LogP contribution is -2.19. The van der Waals surface area contributed by atoms with Crippen molar-refractivity contribution in [3.05, 3.63) is 66.6 Å². The van der Waals surface area contributed by atoms with Gasteiger partial charge in [0.05, 0.1) is 18.2 Å². The van der Waals surface area contributed by atoms with Gasteiger partial charge in [0.1, 0.15) is 5.76 Å². The van der Waals surface area contributed by atoms with E-state index in [1.54, 1.807) is 18.4 Å². The van der Waals surface area contributed by atoms with Crippen molar-refractivity contribution in [3.63, 3.8) is 0 Å². The van der Waals surface area contributed by atoms with E-state index in [0.29, 0.717) is 11.5 Å². The molecule has 0 spiro atoms. The third-order valence-electron chi connectivity index (χ3n) is 3.03. The van der Waals surface area contributed by atoms with Crippen molar-refractivity contribution < 1.29 is 9.21 Å². The van der Waals surface area contributed by atoms with Crippen LogP contribution in [0.1, 0.15) is 5.76 Å². The first-order chi connectivity index (χ1) is 10.8. The average molecular weight is 310 g/mol. The highest BCUT2D eigenvalue weighted by atomic mass is 32.2. The third-order valence-corrected chi connectivity index (χ3v) is 4.11. The molecule has 22 heavy (non-hydrogen) atoms. The van der Waals surface area contributed by atoms with Gasteiger partial charge in [-0.3, -0.25) is 4.79 Å². The van der Waals surface area contributed by atoms with E-state index in [9.17, 15) is 4.79 Å². The number of nitrogens with one attached hydrogen (secondary N) is 1. The number of hydrogen-bond donors (Lipinski definition) is 1. The molecule has 1 aromatic heterocycles. The molecule has 110 valence electrons. The first-order valence-corrected chi connectivity index (χ1v) is 7.77. The second-order valence-electron chi connectivity index (χ2n) is 4.57. The van der Waals surface area contributed by atoms with Crippen LogP contribution in [0, 0.1) is 0 Å². The fourth-order valence-corrected chi connectivity index (χ4v) is 2.90. The summed E-state index contributed by atoms with van der Waals surface area (Å²) in [4.78, 5) is 12.9. The molecule has 0 bridgehead atoms. The molecule has 0 saturated carbocycles. The summed E-state index contributed by atoms with van der Waals surface area (Å²) in [7, 11) is 0. The molecule has 5 heteroatoms. The van der Waals surface area contributed by atoms with E-state index in [2.05, 4.69) is 28.7 Å². The molecule has 0 radical (unpaired) electrons. The zero-order valence-electron chi connectivity index (χ0n) is 11.7. The quantitative estimate of drug-likeness (QED) is 0.444. The van der Waals surface area contributed by atoms with E-state index in [1.807, 2.05) is 24.3 Å². The summed E-state index contributed by atoms with van der Waals surface area (Å²) in [6.07, 6.45) is 3.03. The number of rotatable bonds is 5. The Morgan fingerprint density at radius 3 is 2.86 bits per heavy atom. The molecule has 0 fully saturated rings. The standard InChI is InChI=1S/C17H14N2O2S/c20-17(19-18-11-14-7-4-10-21-14)12-22-16-9-3-6-13-5-1-2-8-15(13)16/h1-11H,12H2,(H,19,20)/b18-11+. The number of thioether (sulfide) groups is 1. The van der Waals surface area contributed by atoms with Crippen LogP contribution in [0.3, 0.4) is 0 Å². The number of hydrazone groups is 1. The smallest absolute Gasteiger partial charge is 0.250 e. The lowest BCUT2D eigenvalue weighted by molar-refractivity contribution is -0.118. The second kappa shape index (κ2) is 6.95. The van der Waals surface area contributed by atoms with Gasteiger partial charge in [0.15, 0.2) is 0 Å². The first kappa shape index (κ1) is 14.4. The molecule has 0 atom stereocenters. The highest BCUT2D eigenvalue weighted by Gasteiger charge is 2.05. The monoisotopic (exact) mass is 310 g/mol. The molecule has 1 amide bonds. The van der Waals surface area contributed by atoms with Crippen LogP contribution in [0.15, 0.2) is 75.3 Å². The van der Waals surface area contributed by atoms with Gasteiger partial charge in [-0.05, 0) is 29.0 Å². The second-order valence-corrected chi connectivity index (χ2v) is 5.59. The topological polar surface area (TPSA) is 54.6 Å². The molecule has 1 heterocycles. The number of nitrogens with zero attached hydrogens (tertiary/aromatic N) is 1. The molecule has 3 rings (SSSR count). The Balaban J connectivity index is 1.58. The van der Waals surface area contributed by atoms with Gasteiger partial charge in [-0.15, -0.1) is 11.8 Å². The third kappa shape index (κ3) is 3.56. The average Bonchev–Trinajstić information content (AvgIpc) is 3.06. The summed E-state index contributed by atoms with van der Waals surface area (Å²) in [6.45, 7) is 0. The Hall–Kier alpha value is -2.53. The van der Waals surface area contributed by atoms with Crippen LogP contribution in [-0.4, -0.2) is 17.9 Å². The van der Waals surface area contributed by atoms with Gasteiger partial charge in [-0.25, -0.2) is 5.43 Å². The minimum atomic E-state index is -0.152. The van der Waals surface area contributed by atoms with E-state index in [1.165, 1.54) is 23.4 Å². The van der Waals surface area contributed by atoms with Gasteiger partial charge in [-0.2, -0.15) is 5.10 Å². The Labute approximate surface area is 132 Å². The van der Waals surface area contributed by atoms with E-state index >= 15 is 0 Å². The zero-order chi connectivity index (χ0) is 15.2. The van der Waals surface area contributed by atoms with Crippen molar-refractivity contribution in [1.29, 1.82) is 0 Å². The molecule has 1 N–H and O–H groups in total. The highest BCUT2D eigenvalue weighted by Crippen LogP contribution is 2.27. The molecule has 2 aromatic carbocycles. The maximum atomic E-state index is 11.8. The lowest BCUT2D eigenvalue weighted by atomic mass is 10.1. The molecule has 0 saturated heterocycles. The van der Waals surface area contributed by atoms with Crippen molar-refractivity contribution in [1.82, 2.24) is 5.43 Å². The van der Waals surface area contributed by atoms with Crippen molar-refractivity contribution in [2.24, 2.45) is 5.10 Å². The maximum absolute atomic E-state index is 11.8. The van der Waals surface area contributed by atoms with Crippen LogP contribution >= 0.6 is 11.8 Å². The Kier molecular flexibility index (Phi) is 4.56. The largest absolute Gasteiger partial charge is 0.463 e. The molecule has 0 unspecified atom stereocenters. The summed E-state index contributed by atoms with van der Waals surface area (Å²) in [6, 6.07) is 17.7. The van der Waals surface area contributed by atoms with Crippen LogP contribution < -0.4 is 5.43 Å². The number of amides is 1. The fourth-order valence-electron chi connectivity index (χ4n) is 2.03. The number of carbonyl (C=O) groups is 1. The summed E-state index contributed by atoms with van der Waals surface area (Å²) < 4.78 is 5.09. The van der Waals surface area contributed by atoms with Crippen molar-refractivity contribution in [2.75, 3.05) is 5.75 Å². The van der Waals surface area contributed by atoms with E-state index in [4.69, 9.17) is 4.42 Å². The van der Waals surface area contributed by atoms with Gasteiger partial charge in [-0.1, -0.05) is 36.4 Å². The molecular weight excluding hydrogens is 296 g/mol. The molecule has 3 aromatic rings. The van der Waals surface area contributed by atoms with Crippen molar-refractivity contribution in [3.8, 4) is 0 Å². The summed E-state index contributed by atoms with van der Waals surface area (Å²) >= 11 is 1.50. The van der Waals surface area contributed by atoms with Gasteiger partial charge in [0.2, 0.25) is 5.91 Å². The number of furan rings is 1. The van der Waals surface area contributed by atoms with Gasteiger partial charge in [0.25, 0.3) is 0 Å². The minimum Gasteiger partial charge on any atom is -0.463 e. The summed E-state index contributed by atoms with van der Waals surface area (Å²) in [5.74, 6) is 0.756. The summed E-state index contributed by atoms with van der Waals surface area (Å²) in [5.41, 5.74) is 2.49. The number of carbonyl (C=O) groups excluding carboxylic acids is 1. The predicted octanol–water partition coefficient (Wildman–Crippen LogP) is 3.68. The molecule has 0 aliphatic carbocycles. The van der Waals surface area contributed by atoms with E-state index in [-0.39, 0.29) is 5.91 Å². The van der Waals surface area contributed by atoms with Crippen LogP contribution in [-0.2, 0) is 4.79 Å². The van der Waals surface area contributed by atoms with Gasteiger partial charge >= 0.3 is 0 Å². The predicted molar refractivity (Wildman–Crippen MR) is 89.1 cm³/mol. The zero-order valence-corrected chi connectivity index (χ0v) is 12.5. The van der Waals surface area contributed by atoms with Crippen LogP contribution in [0.2, 0.25) is 0 Å². The molecule has 4 nitrogen and oxygen atoms in total.